The zero-order chi connectivity index (χ0) is 15.1. The average molecular weight is 308 g/mol. The van der Waals surface area contributed by atoms with Crippen molar-refractivity contribution in [2.45, 2.75) is 19.3 Å². The molecule has 2 rings (SSSR count). The van der Waals surface area contributed by atoms with Crippen LogP contribution in [0.1, 0.15) is 17.8 Å². The molecule has 0 saturated carbocycles. The Morgan fingerprint density at radius 1 is 1.29 bits per heavy atom. The summed E-state index contributed by atoms with van der Waals surface area (Å²) in [5.74, 6) is -1.01. The number of benzene rings is 1. The van der Waals surface area contributed by atoms with Gasteiger partial charge in [-0.1, -0.05) is 0 Å². The second-order valence-electron chi connectivity index (χ2n) is 4.63. The highest BCUT2D eigenvalue weighted by atomic mass is 32.1. The molecule has 0 fully saturated rings. The van der Waals surface area contributed by atoms with E-state index in [1.54, 1.807) is 23.5 Å². The lowest BCUT2D eigenvalue weighted by molar-refractivity contribution is -0.137. The number of aromatic nitrogens is 1. The predicted molar refractivity (Wildman–Crippen MR) is 81.0 cm³/mol. The van der Waals surface area contributed by atoms with Crippen molar-refractivity contribution in [2.24, 2.45) is 0 Å². The highest BCUT2D eigenvalue weighted by molar-refractivity contribution is 7.09. The summed E-state index contributed by atoms with van der Waals surface area (Å²) in [4.78, 5) is 14.9. The summed E-state index contributed by atoms with van der Waals surface area (Å²) < 4.78 is 12.9. The normalized spacial score (nSPS) is 10.7. The van der Waals surface area contributed by atoms with E-state index in [0.717, 1.165) is 29.2 Å². The highest BCUT2D eigenvalue weighted by Gasteiger charge is 2.04. The van der Waals surface area contributed by atoms with Crippen LogP contribution in [0.5, 0.6) is 0 Å². The molecular formula is C15H17FN2O2S. The van der Waals surface area contributed by atoms with Gasteiger partial charge in [-0.25, -0.2) is 9.37 Å². The third-order valence-corrected chi connectivity index (χ3v) is 3.86. The Morgan fingerprint density at radius 3 is 2.76 bits per heavy atom. The van der Waals surface area contributed by atoms with Crippen molar-refractivity contribution in [3.8, 4) is 11.3 Å². The minimum absolute atomic E-state index is 0.193. The number of carboxylic acids is 1. The van der Waals surface area contributed by atoms with Crippen molar-refractivity contribution in [3.63, 3.8) is 0 Å². The maximum atomic E-state index is 12.9. The molecule has 2 N–H and O–H groups in total. The number of thiazole rings is 1. The van der Waals surface area contributed by atoms with Crippen molar-refractivity contribution < 1.29 is 14.3 Å². The fourth-order valence-corrected chi connectivity index (χ4v) is 2.67. The molecule has 0 amide bonds. The third kappa shape index (κ3) is 5.24. The lowest BCUT2D eigenvalue weighted by atomic mass is 10.2. The number of nitrogens with one attached hydrogen (secondary N) is 1. The van der Waals surface area contributed by atoms with Gasteiger partial charge in [-0.15, -0.1) is 11.3 Å². The Balaban J connectivity index is 1.76. The van der Waals surface area contributed by atoms with Gasteiger partial charge in [0.1, 0.15) is 5.82 Å². The molecule has 6 heteroatoms. The van der Waals surface area contributed by atoms with Gasteiger partial charge in [-0.2, -0.15) is 0 Å². The number of halogens is 1. The van der Waals surface area contributed by atoms with Crippen LogP contribution in [0, 0.1) is 5.82 Å². The second-order valence-corrected chi connectivity index (χ2v) is 5.57. The van der Waals surface area contributed by atoms with Crippen LogP contribution in [-0.2, 0) is 11.2 Å². The Morgan fingerprint density at radius 2 is 2.05 bits per heavy atom. The molecule has 0 radical (unpaired) electrons. The van der Waals surface area contributed by atoms with Crippen molar-refractivity contribution in [2.75, 3.05) is 13.1 Å². The van der Waals surface area contributed by atoms with E-state index in [0.29, 0.717) is 13.0 Å². The molecule has 0 aliphatic carbocycles. The van der Waals surface area contributed by atoms with E-state index in [2.05, 4.69) is 10.3 Å². The van der Waals surface area contributed by atoms with Crippen LogP contribution in [0.3, 0.4) is 0 Å². The van der Waals surface area contributed by atoms with Crippen LogP contribution in [0.4, 0.5) is 4.39 Å². The lowest BCUT2D eigenvalue weighted by Gasteiger charge is -2.01. The van der Waals surface area contributed by atoms with Crippen LogP contribution in [0.15, 0.2) is 29.6 Å². The first-order valence-electron chi connectivity index (χ1n) is 6.78. The Labute approximate surface area is 126 Å². The quantitative estimate of drug-likeness (QED) is 0.736. The summed E-state index contributed by atoms with van der Waals surface area (Å²) in [7, 11) is 0. The van der Waals surface area contributed by atoms with Crippen LogP contribution < -0.4 is 5.32 Å². The summed E-state index contributed by atoms with van der Waals surface area (Å²) >= 11 is 1.58. The Kier molecular flexibility index (Phi) is 5.83. The van der Waals surface area contributed by atoms with Crippen LogP contribution in [0.25, 0.3) is 11.3 Å². The molecule has 4 nitrogen and oxygen atoms in total. The molecule has 1 aromatic carbocycles. The zero-order valence-corrected chi connectivity index (χ0v) is 12.3. The summed E-state index contributed by atoms with van der Waals surface area (Å²) in [5.41, 5.74) is 1.77. The van der Waals surface area contributed by atoms with E-state index < -0.39 is 5.97 Å². The minimum Gasteiger partial charge on any atom is -0.481 e. The molecule has 0 spiro atoms. The van der Waals surface area contributed by atoms with Crippen LogP contribution >= 0.6 is 11.3 Å². The van der Waals surface area contributed by atoms with Gasteiger partial charge in [0.15, 0.2) is 0 Å². The molecule has 1 heterocycles. The smallest absolute Gasteiger partial charge is 0.303 e. The van der Waals surface area contributed by atoms with E-state index in [1.807, 2.05) is 5.38 Å². The Hall–Kier alpha value is -1.79. The molecule has 0 saturated heterocycles. The third-order valence-electron chi connectivity index (χ3n) is 2.95. The first-order valence-corrected chi connectivity index (χ1v) is 7.66. The van der Waals surface area contributed by atoms with Crippen LogP contribution in [-0.4, -0.2) is 29.1 Å². The maximum absolute atomic E-state index is 12.9. The number of nitrogens with zero attached hydrogens (tertiary/aromatic N) is 1. The first kappa shape index (κ1) is 15.6. The zero-order valence-electron chi connectivity index (χ0n) is 11.5. The fraction of sp³-hybridized carbons (Fsp3) is 0.333. The summed E-state index contributed by atoms with van der Waals surface area (Å²) in [6.45, 7) is 1.47. The van der Waals surface area contributed by atoms with Gasteiger partial charge >= 0.3 is 5.97 Å². The number of hydrogen-bond acceptors (Lipinski definition) is 4. The predicted octanol–water partition coefficient (Wildman–Crippen LogP) is 2.95. The van der Waals surface area contributed by atoms with Gasteiger partial charge in [0, 0.05) is 30.3 Å². The standard InChI is InChI=1S/C15H17FN2O2S/c16-12-5-3-11(4-6-12)13-10-21-14(18-13)7-9-17-8-1-2-15(19)20/h3-6,10,17H,1-2,7-9H2,(H,19,20). The van der Waals surface area contributed by atoms with E-state index in [1.165, 1.54) is 12.1 Å². The Bertz CT molecular complexity index is 584. The molecule has 1 aromatic heterocycles. The largest absolute Gasteiger partial charge is 0.481 e. The molecule has 21 heavy (non-hydrogen) atoms. The number of carbonyl (C=O) groups is 1. The van der Waals surface area contributed by atoms with Crippen molar-refractivity contribution in [1.82, 2.24) is 10.3 Å². The van der Waals surface area contributed by atoms with Gasteiger partial charge in [-0.05, 0) is 37.2 Å². The van der Waals surface area contributed by atoms with Crippen LogP contribution in [0.2, 0.25) is 0 Å². The average Bonchev–Trinajstić information content (AvgIpc) is 2.92. The first-order chi connectivity index (χ1) is 10.1. The molecule has 0 bridgehead atoms. The van der Waals surface area contributed by atoms with Gasteiger partial charge in [0.2, 0.25) is 0 Å². The molecule has 0 atom stereocenters. The number of carboxylic acid groups (broad SMARTS) is 1. The lowest BCUT2D eigenvalue weighted by Crippen LogP contribution is -2.19. The molecule has 0 aliphatic rings. The molecule has 0 unspecified atom stereocenters. The minimum atomic E-state index is -0.763. The molecule has 2 aromatic rings. The molecule has 112 valence electrons. The van der Waals surface area contributed by atoms with E-state index in [9.17, 15) is 9.18 Å². The topological polar surface area (TPSA) is 62.2 Å². The number of aliphatic carboxylic acids is 1. The SMILES string of the molecule is O=C(O)CCCNCCc1nc(-c2ccc(F)cc2)cs1. The monoisotopic (exact) mass is 308 g/mol. The van der Waals surface area contributed by atoms with Crippen molar-refractivity contribution >= 4 is 17.3 Å². The van der Waals surface area contributed by atoms with Gasteiger partial charge in [-0.3, -0.25) is 4.79 Å². The molecule has 0 aliphatic heterocycles. The summed E-state index contributed by atoms with van der Waals surface area (Å²) in [6.07, 6.45) is 1.63. The summed E-state index contributed by atoms with van der Waals surface area (Å²) in [6, 6.07) is 6.30. The van der Waals surface area contributed by atoms with E-state index >= 15 is 0 Å². The van der Waals surface area contributed by atoms with Crippen molar-refractivity contribution in [1.29, 1.82) is 0 Å². The summed E-state index contributed by atoms with van der Waals surface area (Å²) in [5, 5.41) is 14.7. The highest BCUT2D eigenvalue weighted by Crippen LogP contribution is 2.22. The van der Waals surface area contributed by atoms with E-state index in [4.69, 9.17) is 5.11 Å². The fourth-order valence-electron chi connectivity index (χ4n) is 1.86. The van der Waals surface area contributed by atoms with E-state index in [-0.39, 0.29) is 12.2 Å². The van der Waals surface area contributed by atoms with Gasteiger partial charge in [0.05, 0.1) is 10.7 Å². The number of rotatable bonds is 8. The molecular weight excluding hydrogens is 291 g/mol. The second kappa shape index (κ2) is 7.85. The van der Waals surface area contributed by atoms with Gasteiger partial charge in [0.25, 0.3) is 0 Å². The maximum Gasteiger partial charge on any atom is 0.303 e. The van der Waals surface area contributed by atoms with Crippen molar-refractivity contribution in [3.05, 3.63) is 40.5 Å². The van der Waals surface area contributed by atoms with Gasteiger partial charge < -0.3 is 10.4 Å². The number of hydrogen-bond donors (Lipinski definition) is 2.